The number of nitrogens with zero attached hydrogens (tertiary/aromatic N) is 4. The average molecular weight is 460 g/mol. The van der Waals surface area contributed by atoms with E-state index in [4.69, 9.17) is 4.52 Å². The number of nitrogens with one attached hydrogen (secondary N) is 1. The molecule has 174 valence electrons. The van der Waals surface area contributed by atoms with Crippen molar-refractivity contribution in [1.29, 1.82) is 0 Å². The molecule has 1 saturated heterocycles. The number of thiophene rings is 1. The van der Waals surface area contributed by atoms with Gasteiger partial charge < -0.3 is 14.7 Å². The summed E-state index contributed by atoms with van der Waals surface area (Å²) in [5.41, 5.74) is 0.968. The Kier molecular flexibility index (Phi) is 7.57. The molecule has 0 aromatic carbocycles. The SMILES string of the molecule is CC(C)C(NC(=O)C1CCCCC1)C(=O)N1CCN(Cc2nc(-c3ccsc3)no2)CC1. The summed E-state index contributed by atoms with van der Waals surface area (Å²) in [4.78, 5) is 34.5. The molecule has 1 atom stereocenters. The molecule has 3 heterocycles. The van der Waals surface area contributed by atoms with Crippen LogP contribution in [0.25, 0.3) is 11.4 Å². The molecule has 2 fully saturated rings. The Balaban J connectivity index is 1.28. The van der Waals surface area contributed by atoms with Crippen molar-refractivity contribution in [2.75, 3.05) is 26.2 Å². The van der Waals surface area contributed by atoms with Gasteiger partial charge in [0.2, 0.25) is 23.5 Å². The first kappa shape index (κ1) is 22.9. The molecule has 1 unspecified atom stereocenters. The first-order valence-electron chi connectivity index (χ1n) is 11.7. The molecule has 2 amide bonds. The molecule has 2 aromatic heterocycles. The van der Waals surface area contributed by atoms with E-state index < -0.39 is 6.04 Å². The van der Waals surface area contributed by atoms with Gasteiger partial charge in [0.25, 0.3) is 0 Å². The average Bonchev–Trinajstić information content (AvgIpc) is 3.50. The van der Waals surface area contributed by atoms with Crippen molar-refractivity contribution in [3.63, 3.8) is 0 Å². The van der Waals surface area contributed by atoms with Crippen LogP contribution in [-0.4, -0.2) is 64.0 Å². The van der Waals surface area contributed by atoms with Gasteiger partial charge in [-0.25, -0.2) is 0 Å². The highest BCUT2D eigenvalue weighted by Crippen LogP contribution is 2.24. The first-order chi connectivity index (χ1) is 15.5. The molecule has 0 spiro atoms. The van der Waals surface area contributed by atoms with Gasteiger partial charge in [-0.05, 0) is 30.2 Å². The topological polar surface area (TPSA) is 91.6 Å². The Hall–Kier alpha value is -2.26. The van der Waals surface area contributed by atoms with Crippen molar-refractivity contribution in [2.24, 2.45) is 11.8 Å². The van der Waals surface area contributed by atoms with Gasteiger partial charge in [0, 0.05) is 43.0 Å². The molecular formula is C23H33N5O3S. The predicted octanol–water partition coefficient (Wildman–Crippen LogP) is 3.16. The zero-order chi connectivity index (χ0) is 22.5. The number of carbonyl (C=O) groups excluding carboxylic acids is 2. The number of carbonyl (C=O) groups is 2. The van der Waals surface area contributed by atoms with Gasteiger partial charge >= 0.3 is 0 Å². The molecule has 4 rings (SSSR count). The maximum atomic E-state index is 13.2. The van der Waals surface area contributed by atoms with Gasteiger partial charge in [-0.1, -0.05) is 38.3 Å². The molecule has 8 nitrogen and oxygen atoms in total. The van der Waals surface area contributed by atoms with Crippen LogP contribution in [0.1, 0.15) is 51.8 Å². The van der Waals surface area contributed by atoms with E-state index in [2.05, 4.69) is 20.4 Å². The largest absolute Gasteiger partial charge is 0.344 e. The predicted molar refractivity (Wildman–Crippen MR) is 123 cm³/mol. The van der Waals surface area contributed by atoms with Gasteiger partial charge in [-0.2, -0.15) is 16.3 Å². The maximum Gasteiger partial charge on any atom is 0.245 e. The van der Waals surface area contributed by atoms with Crippen LogP contribution in [0.4, 0.5) is 0 Å². The summed E-state index contributed by atoms with van der Waals surface area (Å²) in [6.45, 7) is 7.32. The summed E-state index contributed by atoms with van der Waals surface area (Å²) in [5, 5.41) is 11.1. The molecule has 1 N–H and O–H groups in total. The highest BCUT2D eigenvalue weighted by atomic mass is 32.1. The number of hydrogen-bond donors (Lipinski definition) is 1. The number of amides is 2. The van der Waals surface area contributed by atoms with E-state index in [0.717, 1.165) is 44.3 Å². The fraction of sp³-hybridized carbons (Fsp3) is 0.652. The van der Waals surface area contributed by atoms with E-state index in [1.807, 2.05) is 35.6 Å². The Morgan fingerprint density at radius 3 is 2.59 bits per heavy atom. The summed E-state index contributed by atoms with van der Waals surface area (Å²) < 4.78 is 5.41. The summed E-state index contributed by atoms with van der Waals surface area (Å²) in [5.74, 6) is 1.40. The number of piperazine rings is 1. The Morgan fingerprint density at radius 1 is 1.19 bits per heavy atom. The molecule has 9 heteroatoms. The highest BCUT2D eigenvalue weighted by molar-refractivity contribution is 7.08. The summed E-state index contributed by atoms with van der Waals surface area (Å²) in [6.07, 6.45) is 5.30. The second kappa shape index (κ2) is 10.6. The third-order valence-corrected chi connectivity index (χ3v) is 7.18. The normalized spacial score (nSPS) is 19.3. The minimum absolute atomic E-state index is 0.0290. The van der Waals surface area contributed by atoms with Crippen LogP contribution in [0.5, 0.6) is 0 Å². The molecule has 0 bridgehead atoms. The lowest BCUT2D eigenvalue weighted by Crippen LogP contribution is -2.57. The first-order valence-corrected chi connectivity index (χ1v) is 12.6. The van der Waals surface area contributed by atoms with E-state index >= 15 is 0 Å². The number of aromatic nitrogens is 2. The third-order valence-electron chi connectivity index (χ3n) is 6.50. The van der Waals surface area contributed by atoms with Crippen molar-refractivity contribution >= 4 is 23.2 Å². The minimum Gasteiger partial charge on any atom is -0.344 e. The zero-order valence-corrected chi connectivity index (χ0v) is 19.8. The zero-order valence-electron chi connectivity index (χ0n) is 19.0. The van der Waals surface area contributed by atoms with Crippen LogP contribution >= 0.6 is 11.3 Å². The van der Waals surface area contributed by atoms with Gasteiger partial charge in [-0.3, -0.25) is 14.5 Å². The number of hydrogen-bond acceptors (Lipinski definition) is 7. The van der Waals surface area contributed by atoms with E-state index in [1.54, 1.807) is 11.3 Å². The fourth-order valence-electron chi connectivity index (χ4n) is 4.49. The van der Waals surface area contributed by atoms with E-state index in [9.17, 15) is 9.59 Å². The third kappa shape index (κ3) is 5.56. The molecule has 1 aliphatic heterocycles. The van der Waals surface area contributed by atoms with E-state index in [1.165, 1.54) is 6.42 Å². The van der Waals surface area contributed by atoms with Crippen LogP contribution in [0.3, 0.4) is 0 Å². The molecule has 1 aliphatic carbocycles. The van der Waals surface area contributed by atoms with Crippen molar-refractivity contribution < 1.29 is 14.1 Å². The Labute approximate surface area is 193 Å². The second-order valence-electron chi connectivity index (χ2n) is 9.19. The van der Waals surface area contributed by atoms with Crippen LogP contribution < -0.4 is 5.32 Å². The standard InChI is InChI=1S/C23H33N5O3S/c1-16(2)20(25-22(29)17-6-4-3-5-7-17)23(30)28-11-9-27(10-12-28)14-19-24-21(26-31-19)18-8-13-32-15-18/h8,13,15-17,20H,3-7,9-12,14H2,1-2H3,(H,25,29). The summed E-state index contributed by atoms with van der Waals surface area (Å²) in [6, 6.07) is 1.52. The number of rotatable bonds is 7. The van der Waals surface area contributed by atoms with Crippen molar-refractivity contribution in [1.82, 2.24) is 25.3 Å². The Bertz CT molecular complexity index is 883. The Morgan fingerprint density at radius 2 is 1.94 bits per heavy atom. The lowest BCUT2D eigenvalue weighted by atomic mass is 9.88. The maximum absolute atomic E-state index is 13.2. The lowest BCUT2D eigenvalue weighted by molar-refractivity contribution is -0.140. The fourth-order valence-corrected chi connectivity index (χ4v) is 5.13. The van der Waals surface area contributed by atoms with Gasteiger partial charge in [0.1, 0.15) is 6.04 Å². The van der Waals surface area contributed by atoms with Crippen molar-refractivity contribution in [3.05, 3.63) is 22.7 Å². The summed E-state index contributed by atoms with van der Waals surface area (Å²) >= 11 is 1.60. The molecule has 2 aliphatic rings. The molecule has 0 radical (unpaired) electrons. The molecule has 2 aromatic rings. The lowest BCUT2D eigenvalue weighted by Gasteiger charge is -2.37. The highest BCUT2D eigenvalue weighted by Gasteiger charge is 2.33. The smallest absolute Gasteiger partial charge is 0.245 e. The van der Waals surface area contributed by atoms with Crippen LogP contribution in [0.15, 0.2) is 21.3 Å². The van der Waals surface area contributed by atoms with Crippen molar-refractivity contribution in [3.8, 4) is 11.4 Å². The van der Waals surface area contributed by atoms with Crippen molar-refractivity contribution in [2.45, 2.75) is 58.5 Å². The van der Waals surface area contributed by atoms with E-state index in [0.29, 0.717) is 31.3 Å². The monoisotopic (exact) mass is 459 g/mol. The summed E-state index contributed by atoms with van der Waals surface area (Å²) in [7, 11) is 0. The van der Waals surface area contributed by atoms with Crippen LogP contribution in [-0.2, 0) is 16.1 Å². The van der Waals surface area contributed by atoms with Crippen LogP contribution in [0.2, 0.25) is 0 Å². The minimum atomic E-state index is -0.458. The van der Waals surface area contributed by atoms with E-state index in [-0.39, 0.29) is 23.7 Å². The molecule has 32 heavy (non-hydrogen) atoms. The van der Waals surface area contributed by atoms with Gasteiger partial charge in [0.15, 0.2) is 0 Å². The van der Waals surface area contributed by atoms with Gasteiger partial charge in [-0.15, -0.1) is 0 Å². The van der Waals surface area contributed by atoms with Gasteiger partial charge in [0.05, 0.1) is 6.54 Å². The second-order valence-corrected chi connectivity index (χ2v) is 9.97. The molecular weight excluding hydrogens is 426 g/mol. The quantitative estimate of drug-likeness (QED) is 0.684. The molecule has 1 saturated carbocycles. The van der Waals surface area contributed by atoms with Crippen LogP contribution in [0, 0.1) is 11.8 Å².